The van der Waals surface area contributed by atoms with Crippen LogP contribution >= 0.6 is 11.8 Å². The fourth-order valence-electron chi connectivity index (χ4n) is 3.53. The van der Waals surface area contributed by atoms with Crippen molar-refractivity contribution in [2.45, 2.75) is 21.5 Å². The predicted octanol–water partition coefficient (Wildman–Crippen LogP) is 3.79. The molecule has 4 rings (SSSR count). The average Bonchev–Trinajstić information content (AvgIpc) is 2.67. The van der Waals surface area contributed by atoms with Crippen LogP contribution in [0.25, 0.3) is 0 Å². The quantitative estimate of drug-likeness (QED) is 0.749. The molecule has 0 saturated carbocycles. The van der Waals surface area contributed by atoms with Crippen LogP contribution in [0.15, 0.2) is 75.6 Å². The number of para-hydroxylation sites is 2. The van der Waals surface area contributed by atoms with Crippen LogP contribution in [0.3, 0.4) is 0 Å². The maximum absolute atomic E-state index is 12.1. The van der Waals surface area contributed by atoms with Crippen molar-refractivity contribution in [3.05, 3.63) is 60.8 Å². The Hall–Kier alpha value is -2.29. The molecule has 28 heavy (non-hydrogen) atoms. The highest BCUT2D eigenvalue weighted by atomic mass is 32.2. The summed E-state index contributed by atoms with van der Waals surface area (Å²) in [5, 5.41) is -1.07. The van der Waals surface area contributed by atoms with Crippen molar-refractivity contribution in [1.82, 2.24) is 4.90 Å². The third-order valence-corrected chi connectivity index (χ3v) is 7.17. The van der Waals surface area contributed by atoms with Crippen molar-refractivity contribution in [1.29, 1.82) is 0 Å². The van der Waals surface area contributed by atoms with Crippen LogP contribution in [-0.4, -0.2) is 49.1 Å². The second kappa shape index (κ2) is 7.62. The van der Waals surface area contributed by atoms with Crippen molar-refractivity contribution in [3.8, 4) is 0 Å². The molecule has 2 aliphatic heterocycles. The van der Waals surface area contributed by atoms with E-state index in [1.165, 1.54) is 0 Å². The molecule has 146 valence electrons. The topological polar surface area (TPSA) is 73.2 Å². The van der Waals surface area contributed by atoms with Crippen LogP contribution < -0.4 is 4.90 Å². The molecule has 2 aliphatic rings. The van der Waals surface area contributed by atoms with E-state index < -0.39 is 15.4 Å². The van der Waals surface area contributed by atoms with Gasteiger partial charge in [-0.25, -0.2) is 4.99 Å². The summed E-state index contributed by atoms with van der Waals surface area (Å²) in [5.74, 6) is 0.373. The Balaban J connectivity index is 1.67. The fraction of sp³-hybridized carbons (Fsp3) is 0.250. The Morgan fingerprint density at radius 1 is 1.11 bits per heavy atom. The summed E-state index contributed by atoms with van der Waals surface area (Å²) in [6.07, 6.45) is 3.66. The van der Waals surface area contributed by atoms with E-state index in [1.54, 1.807) is 29.9 Å². The molecule has 0 spiro atoms. The second-order valence-corrected chi connectivity index (χ2v) is 9.42. The molecule has 0 radical (unpaired) electrons. The molecule has 1 N–H and O–H groups in total. The van der Waals surface area contributed by atoms with Gasteiger partial charge in [0.15, 0.2) is 0 Å². The lowest BCUT2D eigenvalue weighted by Crippen LogP contribution is -2.43. The first-order valence-electron chi connectivity index (χ1n) is 8.99. The summed E-state index contributed by atoms with van der Waals surface area (Å²) in [7, 11) is -2.51. The number of hydrogen-bond acceptors (Lipinski definition) is 6. The van der Waals surface area contributed by atoms with E-state index in [-0.39, 0.29) is 6.42 Å². The van der Waals surface area contributed by atoms with E-state index in [2.05, 4.69) is 22.0 Å². The smallest absolute Gasteiger partial charge is 0.275 e. The number of aliphatic imine (C=N–C) groups is 1. The summed E-state index contributed by atoms with van der Waals surface area (Å²) in [6, 6.07) is 16.1. The number of likely N-dealkylation sites (N-methyl/N-ethyl adjacent to an activating group) is 1. The van der Waals surface area contributed by atoms with Crippen molar-refractivity contribution in [2.24, 2.45) is 4.99 Å². The minimum atomic E-state index is -4.29. The van der Waals surface area contributed by atoms with Gasteiger partial charge in [-0.3, -0.25) is 4.55 Å². The van der Waals surface area contributed by atoms with E-state index in [0.29, 0.717) is 18.9 Å². The zero-order valence-electron chi connectivity index (χ0n) is 15.4. The Bertz CT molecular complexity index is 1000. The van der Waals surface area contributed by atoms with Crippen LogP contribution in [-0.2, 0) is 10.1 Å². The number of rotatable bonds is 5. The standard InChI is InChI=1S/C20H21N3O3S2/c1-22-13-6-12-21-20(22)19(28(24,25)26)11-14-23-15-7-2-4-9-17(15)27-18-10-5-3-8-16(18)23/h2-10,12,19H,11,13-14H2,1H3,(H,24,25,26). The highest BCUT2D eigenvalue weighted by Gasteiger charge is 2.33. The molecular weight excluding hydrogens is 394 g/mol. The lowest BCUT2D eigenvalue weighted by molar-refractivity contribution is 0.464. The van der Waals surface area contributed by atoms with Gasteiger partial charge < -0.3 is 9.80 Å². The van der Waals surface area contributed by atoms with Gasteiger partial charge >= 0.3 is 0 Å². The van der Waals surface area contributed by atoms with Gasteiger partial charge in [0.2, 0.25) is 0 Å². The van der Waals surface area contributed by atoms with Crippen LogP contribution in [0.5, 0.6) is 0 Å². The highest BCUT2D eigenvalue weighted by Crippen LogP contribution is 2.47. The van der Waals surface area contributed by atoms with E-state index >= 15 is 0 Å². The largest absolute Gasteiger partial charge is 0.358 e. The molecule has 2 heterocycles. The Morgan fingerprint density at radius 2 is 1.71 bits per heavy atom. The number of nitrogens with zero attached hydrogens (tertiary/aromatic N) is 3. The summed E-state index contributed by atoms with van der Waals surface area (Å²) >= 11 is 1.70. The normalized spacial score (nSPS) is 17.0. The van der Waals surface area contributed by atoms with Gasteiger partial charge in [0.05, 0.1) is 11.4 Å². The molecule has 0 amide bonds. The summed E-state index contributed by atoms with van der Waals surface area (Å²) < 4.78 is 34.2. The first-order chi connectivity index (χ1) is 13.4. The highest BCUT2D eigenvalue weighted by molar-refractivity contribution is 7.99. The molecule has 1 unspecified atom stereocenters. The molecule has 0 fully saturated rings. The van der Waals surface area contributed by atoms with E-state index in [1.807, 2.05) is 42.5 Å². The first-order valence-corrected chi connectivity index (χ1v) is 11.3. The van der Waals surface area contributed by atoms with Crippen molar-refractivity contribution >= 4 is 39.1 Å². The predicted molar refractivity (Wildman–Crippen MR) is 113 cm³/mol. The minimum Gasteiger partial charge on any atom is -0.358 e. The maximum atomic E-state index is 12.1. The van der Waals surface area contributed by atoms with Gasteiger partial charge in [0.1, 0.15) is 11.1 Å². The number of anilines is 2. The van der Waals surface area contributed by atoms with Crippen LogP contribution in [0.2, 0.25) is 0 Å². The Labute approximate surface area is 169 Å². The van der Waals surface area contributed by atoms with Gasteiger partial charge in [0, 0.05) is 36.1 Å². The van der Waals surface area contributed by atoms with E-state index in [0.717, 1.165) is 21.2 Å². The lowest BCUT2D eigenvalue weighted by Gasteiger charge is -2.34. The first kappa shape index (κ1) is 19.0. The lowest BCUT2D eigenvalue weighted by atomic mass is 10.1. The van der Waals surface area contributed by atoms with Crippen LogP contribution in [0.1, 0.15) is 6.42 Å². The molecule has 0 aliphatic carbocycles. The van der Waals surface area contributed by atoms with E-state index in [9.17, 15) is 13.0 Å². The molecule has 2 aromatic carbocycles. The van der Waals surface area contributed by atoms with E-state index in [4.69, 9.17) is 0 Å². The van der Waals surface area contributed by atoms with Gasteiger partial charge in [-0.2, -0.15) is 8.42 Å². The summed E-state index contributed by atoms with van der Waals surface area (Å²) in [5.41, 5.74) is 2.08. The van der Waals surface area contributed by atoms with Crippen molar-refractivity contribution in [3.63, 3.8) is 0 Å². The number of hydrogen-bond donors (Lipinski definition) is 1. The van der Waals surface area contributed by atoms with Gasteiger partial charge in [0.25, 0.3) is 10.1 Å². The van der Waals surface area contributed by atoms with Gasteiger partial charge in [-0.15, -0.1) is 0 Å². The number of amidine groups is 1. The molecule has 0 bridgehead atoms. The minimum absolute atomic E-state index is 0.225. The zero-order valence-corrected chi connectivity index (χ0v) is 17.0. The summed E-state index contributed by atoms with van der Waals surface area (Å²) in [6.45, 7) is 1.01. The summed E-state index contributed by atoms with van der Waals surface area (Å²) in [4.78, 5) is 10.4. The SMILES string of the molecule is CN1CC=CN=C1C(CCN1c2ccccc2Sc2ccccc21)S(=O)(=O)O. The fourth-order valence-corrected chi connectivity index (χ4v) is 5.54. The average molecular weight is 416 g/mol. The van der Waals surface area contributed by atoms with Gasteiger partial charge in [-0.1, -0.05) is 36.0 Å². The molecule has 1 atom stereocenters. The zero-order chi connectivity index (χ0) is 19.7. The van der Waals surface area contributed by atoms with Gasteiger partial charge in [-0.05, 0) is 36.8 Å². The molecule has 6 nitrogen and oxygen atoms in total. The number of benzene rings is 2. The molecule has 2 aromatic rings. The Morgan fingerprint density at radius 3 is 2.29 bits per heavy atom. The monoisotopic (exact) mass is 415 g/mol. The number of fused-ring (bicyclic) bond motifs is 2. The van der Waals surface area contributed by atoms with Crippen molar-refractivity contribution < 1.29 is 13.0 Å². The third-order valence-electron chi connectivity index (χ3n) is 4.88. The maximum Gasteiger partial charge on any atom is 0.275 e. The van der Waals surface area contributed by atoms with Crippen molar-refractivity contribution in [2.75, 3.05) is 25.0 Å². The third kappa shape index (κ3) is 3.67. The Kier molecular flexibility index (Phi) is 5.18. The molecule has 0 aromatic heterocycles. The molecular formula is C20H21N3O3S2. The molecule has 0 saturated heterocycles. The van der Waals surface area contributed by atoms with Crippen LogP contribution in [0.4, 0.5) is 11.4 Å². The van der Waals surface area contributed by atoms with Crippen LogP contribution in [0, 0.1) is 0 Å². The molecule has 8 heteroatoms. The second-order valence-electron chi connectivity index (χ2n) is 6.73.